The van der Waals surface area contributed by atoms with Crippen LogP contribution in [0.3, 0.4) is 0 Å². The van der Waals surface area contributed by atoms with E-state index in [1.165, 1.54) is 24.3 Å². The fraction of sp³-hybridized carbons (Fsp3) is 0.613. The molecule has 0 bridgehead atoms. The number of carbonyl (C=O) groups is 6. The van der Waals surface area contributed by atoms with E-state index in [0.29, 0.717) is 35.0 Å². The first-order valence-corrected chi connectivity index (χ1v) is 16.5. The van der Waals surface area contributed by atoms with E-state index in [1.54, 1.807) is 7.05 Å². The zero-order chi connectivity index (χ0) is 37.2. The molecule has 1 aromatic carbocycles. The van der Waals surface area contributed by atoms with E-state index in [9.17, 15) is 49.4 Å². The van der Waals surface area contributed by atoms with Crippen LogP contribution in [0, 0.1) is 0 Å². The van der Waals surface area contributed by atoms with Crippen molar-refractivity contribution < 1.29 is 49.4 Å². The van der Waals surface area contributed by atoms with Gasteiger partial charge in [-0.25, -0.2) is 10.1 Å². The number of amides is 6. The van der Waals surface area contributed by atoms with E-state index in [0.717, 1.165) is 0 Å². The van der Waals surface area contributed by atoms with Gasteiger partial charge in [0.25, 0.3) is 5.91 Å². The average Bonchev–Trinajstić information content (AvgIpc) is 3.09. The molecule has 1 heterocycles. The topological polar surface area (TPSA) is 302 Å². The summed E-state index contributed by atoms with van der Waals surface area (Å²) in [5, 5.41) is 53.5. The Labute approximate surface area is 290 Å². The van der Waals surface area contributed by atoms with E-state index < -0.39 is 65.7 Å². The van der Waals surface area contributed by atoms with E-state index in [4.69, 9.17) is 11.5 Å². The van der Waals surface area contributed by atoms with Gasteiger partial charge in [-0.1, -0.05) is 12.1 Å². The number of piperidine rings is 1. The third kappa shape index (κ3) is 13.8. The number of hydrogen-bond donors (Lipinski definition) is 11. The van der Waals surface area contributed by atoms with Crippen LogP contribution in [-0.4, -0.2) is 130 Å². The van der Waals surface area contributed by atoms with Crippen molar-refractivity contribution in [2.24, 2.45) is 11.5 Å². The van der Waals surface area contributed by atoms with Gasteiger partial charge in [0.1, 0.15) is 30.0 Å². The molecule has 280 valence electrons. The predicted molar refractivity (Wildman–Crippen MR) is 177 cm³/mol. The van der Waals surface area contributed by atoms with Gasteiger partial charge in [-0.15, -0.1) is 0 Å². The molecule has 1 aromatic rings. The summed E-state index contributed by atoms with van der Waals surface area (Å²) in [7, 11) is 1.54. The van der Waals surface area contributed by atoms with Gasteiger partial charge in [-0.3, -0.25) is 39.2 Å². The Morgan fingerprint density at radius 2 is 1.64 bits per heavy atom. The Hall–Kier alpha value is -4.40. The molecule has 2 rings (SSSR count). The smallest absolute Gasteiger partial charge is 0.268 e. The van der Waals surface area contributed by atoms with Crippen LogP contribution in [0.1, 0.15) is 63.0 Å². The fourth-order valence-electron chi connectivity index (χ4n) is 5.07. The number of nitrogens with zero attached hydrogens (tertiary/aromatic N) is 2. The quantitative estimate of drug-likeness (QED) is 0.0451. The molecule has 13 N–H and O–H groups in total. The molecule has 1 aliphatic heterocycles. The molecule has 50 heavy (non-hydrogen) atoms. The van der Waals surface area contributed by atoms with Crippen LogP contribution in [-0.2, 0) is 28.8 Å². The Balaban J connectivity index is 1.69. The summed E-state index contributed by atoms with van der Waals surface area (Å²) < 4.78 is 0. The largest absolute Gasteiger partial charge is 0.508 e. The van der Waals surface area contributed by atoms with Gasteiger partial charge in [0.15, 0.2) is 0 Å². The minimum Gasteiger partial charge on any atom is -0.508 e. The summed E-state index contributed by atoms with van der Waals surface area (Å²) in [4.78, 5) is 74.8. The van der Waals surface area contributed by atoms with E-state index >= 15 is 0 Å². The summed E-state index contributed by atoms with van der Waals surface area (Å²) in [5.41, 5.74) is 11.7. The number of benzene rings is 1. The highest BCUT2D eigenvalue weighted by Gasteiger charge is 2.32. The van der Waals surface area contributed by atoms with Crippen LogP contribution in [0.4, 0.5) is 0 Å². The number of hydroxylamine groups is 4. The summed E-state index contributed by atoms with van der Waals surface area (Å²) in [5.74, 6) is -3.55. The average molecular weight is 710 g/mol. The minimum absolute atomic E-state index is 0.00937. The molecule has 1 saturated heterocycles. The maximum atomic E-state index is 13.0. The molecule has 1 aliphatic rings. The highest BCUT2D eigenvalue weighted by molar-refractivity contribution is 5.93. The molecule has 0 saturated carbocycles. The molecule has 1 fully saturated rings. The zero-order valence-corrected chi connectivity index (χ0v) is 28.2. The van der Waals surface area contributed by atoms with Crippen molar-refractivity contribution in [2.75, 3.05) is 39.8 Å². The summed E-state index contributed by atoms with van der Waals surface area (Å²) in [6, 6.07) is 1.57. The SMILES string of the molecule is CN[C@@H](CCCN(O)C(=O)CCNC(=O)CCNC(=O)[C@@H](N)[C@H](O)c1ccc(O)cc1)C(=O)N[C@@H](CCCN)C(=O)N[C@H]1CCCN(O)C1=O. The Morgan fingerprint density at radius 1 is 0.980 bits per heavy atom. The zero-order valence-electron chi connectivity index (χ0n) is 28.2. The number of hydrogen-bond acceptors (Lipinski definition) is 13. The van der Waals surface area contributed by atoms with Crippen molar-refractivity contribution in [2.45, 2.75) is 81.6 Å². The van der Waals surface area contributed by atoms with Crippen molar-refractivity contribution in [3.05, 3.63) is 29.8 Å². The maximum absolute atomic E-state index is 13.0. The van der Waals surface area contributed by atoms with Crippen LogP contribution in [0.25, 0.3) is 0 Å². The molecule has 0 spiro atoms. The molecule has 0 aliphatic carbocycles. The van der Waals surface area contributed by atoms with Gasteiger partial charge in [-0.05, 0) is 69.8 Å². The molecular formula is C31H51N9O10. The van der Waals surface area contributed by atoms with Crippen LogP contribution in [0.2, 0.25) is 0 Å². The van der Waals surface area contributed by atoms with Crippen molar-refractivity contribution in [1.82, 2.24) is 36.7 Å². The number of aromatic hydroxyl groups is 1. The molecule has 0 radical (unpaired) electrons. The molecule has 5 atom stereocenters. The van der Waals surface area contributed by atoms with Gasteiger partial charge in [-0.2, -0.15) is 0 Å². The monoisotopic (exact) mass is 709 g/mol. The third-order valence-corrected chi connectivity index (χ3v) is 8.07. The fourth-order valence-corrected chi connectivity index (χ4v) is 5.07. The highest BCUT2D eigenvalue weighted by atomic mass is 16.5. The van der Waals surface area contributed by atoms with Gasteiger partial charge in [0.05, 0.1) is 6.04 Å². The number of phenols is 1. The standard InChI is InChI=1S/C31H51N9O10/c1-34-21(28(45)37-22(5-2-14-32)29(46)38-23-7-4-18-40(50)31(23)48)6-3-17-39(49)25(43)13-16-35-24(42)12-15-36-30(47)26(33)27(44)19-8-10-20(41)11-9-19/h8-11,21-23,26-27,34,41,44,49-50H,2-7,12-18,32-33H2,1H3,(H,35,42)(H,36,47)(H,37,45)(H,38,46)/t21-,22-,23-,26-,27+/m0/s1. The Bertz CT molecular complexity index is 1290. The van der Waals surface area contributed by atoms with Gasteiger partial charge < -0.3 is 48.3 Å². The first kappa shape index (κ1) is 41.8. The van der Waals surface area contributed by atoms with Crippen molar-refractivity contribution in [1.29, 1.82) is 0 Å². The van der Waals surface area contributed by atoms with Crippen LogP contribution < -0.4 is 38.1 Å². The number of rotatable bonds is 21. The third-order valence-electron chi connectivity index (χ3n) is 8.07. The number of phenolic OH excluding ortho intramolecular Hbond substituents is 1. The number of nitrogens with two attached hydrogens (primary N) is 2. The number of likely N-dealkylation sites (N-methyl/N-ethyl adjacent to an activating group) is 1. The predicted octanol–water partition coefficient (Wildman–Crippen LogP) is -2.93. The number of aliphatic hydroxyl groups is 1. The lowest BCUT2D eigenvalue weighted by Gasteiger charge is -2.29. The molecular weight excluding hydrogens is 658 g/mol. The maximum Gasteiger partial charge on any atom is 0.268 e. The highest BCUT2D eigenvalue weighted by Crippen LogP contribution is 2.19. The summed E-state index contributed by atoms with van der Waals surface area (Å²) >= 11 is 0. The molecule has 19 heteroatoms. The van der Waals surface area contributed by atoms with E-state index in [1.807, 2.05) is 0 Å². The lowest BCUT2D eigenvalue weighted by molar-refractivity contribution is -0.173. The van der Waals surface area contributed by atoms with Gasteiger partial charge >= 0.3 is 0 Å². The number of nitrogens with one attached hydrogen (secondary N) is 5. The number of aliphatic hydroxyl groups excluding tert-OH is 1. The molecule has 0 unspecified atom stereocenters. The van der Waals surface area contributed by atoms with E-state index in [-0.39, 0.29) is 70.6 Å². The van der Waals surface area contributed by atoms with Crippen molar-refractivity contribution in [3.63, 3.8) is 0 Å². The molecule has 6 amide bonds. The first-order chi connectivity index (χ1) is 23.8. The second-order valence-corrected chi connectivity index (χ2v) is 11.9. The minimum atomic E-state index is -1.33. The van der Waals surface area contributed by atoms with Crippen molar-refractivity contribution in [3.8, 4) is 5.75 Å². The molecule has 19 nitrogen and oxygen atoms in total. The van der Waals surface area contributed by atoms with Gasteiger partial charge in [0, 0.05) is 39.0 Å². The lowest BCUT2D eigenvalue weighted by atomic mass is 10.0. The second-order valence-electron chi connectivity index (χ2n) is 11.9. The Kier molecular flexibility index (Phi) is 18.1. The van der Waals surface area contributed by atoms with Crippen LogP contribution in [0.5, 0.6) is 5.75 Å². The first-order valence-electron chi connectivity index (χ1n) is 16.5. The van der Waals surface area contributed by atoms with Gasteiger partial charge in [0.2, 0.25) is 29.5 Å². The summed E-state index contributed by atoms with van der Waals surface area (Å²) in [6.45, 7) is 0.168. The van der Waals surface area contributed by atoms with Crippen LogP contribution in [0.15, 0.2) is 24.3 Å². The van der Waals surface area contributed by atoms with Crippen molar-refractivity contribution >= 4 is 35.4 Å². The number of carbonyl (C=O) groups excluding carboxylic acids is 6. The molecule has 0 aromatic heterocycles. The lowest BCUT2D eigenvalue weighted by Crippen LogP contribution is -2.57. The van der Waals surface area contributed by atoms with Crippen LogP contribution >= 0.6 is 0 Å². The Morgan fingerprint density at radius 3 is 2.30 bits per heavy atom. The second kappa shape index (κ2) is 21.6. The normalized spacial score (nSPS) is 16.8. The summed E-state index contributed by atoms with van der Waals surface area (Å²) in [6.07, 6.45) is 0.224. The van der Waals surface area contributed by atoms with E-state index in [2.05, 4.69) is 26.6 Å².